The average molecular weight is 530 g/mol. The lowest BCUT2D eigenvalue weighted by molar-refractivity contribution is 0.556. The summed E-state index contributed by atoms with van der Waals surface area (Å²) < 4.78 is 31.7. The largest absolute Gasteiger partial charge is 0.273 e. The van der Waals surface area contributed by atoms with Crippen LogP contribution in [0.2, 0.25) is 0 Å². The summed E-state index contributed by atoms with van der Waals surface area (Å²) in [4.78, 5) is 4.44. The number of aromatic nitrogens is 4. The summed E-state index contributed by atoms with van der Waals surface area (Å²) in [5, 5.41) is 10.4. The molecule has 0 saturated carbocycles. The molecule has 5 rings (SSSR count). The molecule has 0 aliphatic carbocycles. The van der Waals surface area contributed by atoms with Gasteiger partial charge in [-0.15, -0.1) is 10.2 Å². The van der Waals surface area contributed by atoms with Gasteiger partial charge < -0.3 is 0 Å². The van der Waals surface area contributed by atoms with Crippen LogP contribution in [0.15, 0.2) is 95.1 Å². The number of nitrogens with one attached hydrogen (secondary N) is 1. The monoisotopic (exact) mass is 529 g/mol. The van der Waals surface area contributed by atoms with Crippen LogP contribution in [0.1, 0.15) is 35.5 Å². The van der Waals surface area contributed by atoms with Crippen LogP contribution in [-0.4, -0.2) is 28.2 Å². The van der Waals surface area contributed by atoms with Crippen LogP contribution in [-0.2, 0) is 15.8 Å². The fourth-order valence-electron chi connectivity index (χ4n) is 4.15. The predicted molar refractivity (Wildman–Crippen MR) is 147 cm³/mol. The molecular formula is C28H27N5O2S2. The van der Waals surface area contributed by atoms with E-state index in [-0.39, 0.29) is 4.90 Å². The summed E-state index contributed by atoms with van der Waals surface area (Å²) in [6.45, 7) is 5.89. The average Bonchev–Trinajstić information content (AvgIpc) is 3.32. The van der Waals surface area contributed by atoms with Gasteiger partial charge >= 0.3 is 0 Å². The molecule has 0 amide bonds. The van der Waals surface area contributed by atoms with Crippen LogP contribution in [0.5, 0.6) is 0 Å². The van der Waals surface area contributed by atoms with Crippen LogP contribution in [0.4, 0.5) is 0 Å². The van der Waals surface area contributed by atoms with Gasteiger partial charge in [0.2, 0.25) is 10.0 Å². The van der Waals surface area contributed by atoms with Crippen molar-refractivity contribution < 1.29 is 8.42 Å². The van der Waals surface area contributed by atoms with Crippen LogP contribution in [0.3, 0.4) is 0 Å². The smallest absolute Gasteiger partial charge is 0.243 e. The second-order valence-electron chi connectivity index (χ2n) is 8.90. The maximum absolute atomic E-state index is 13.5. The third-order valence-electron chi connectivity index (χ3n) is 6.17. The summed E-state index contributed by atoms with van der Waals surface area (Å²) in [6.07, 6.45) is 1.59. The van der Waals surface area contributed by atoms with Crippen molar-refractivity contribution in [3.8, 4) is 5.69 Å². The lowest BCUT2D eigenvalue weighted by atomic mass is 10.1. The molecule has 0 saturated heterocycles. The lowest BCUT2D eigenvalue weighted by Crippen LogP contribution is -2.29. The fraction of sp³-hybridized carbons (Fsp3) is 0.179. The standard InChI is InChI=1S/C28H27N5O2S2/c1-19-13-15-24(16-14-19)33-27(30-31-28(33)36-18-23-9-5-4-8-20(23)2)21(3)32-37(34,35)25-12-6-10-22-11-7-17-29-26(22)25/h4-17,21,32H,18H2,1-3H3/t21-/m1/s1. The van der Waals surface area contributed by atoms with Gasteiger partial charge in [-0.3, -0.25) is 9.55 Å². The van der Waals surface area contributed by atoms with Gasteiger partial charge in [0.15, 0.2) is 11.0 Å². The summed E-state index contributed by atoms with van der Waals surface area (Å²) in [5.74, 6) is 1.23. The number of benzene rings is 3. The summed E-state index contributed by atoms with van der Waals surface area (Å²) in [5.41, 5.74) is 4.85. The fourth-order valence-corrected chi connectivity index (χ4v) is 6.56. The number of sulfonamides is 1. The molecule has 2 heterocycles. The molecule has 0 spiro atoms. The van der Waals surface area contributed by atoms with Gasteiger partial charge in [-0.25, -0.2) is 13.1 Å². The van der Waals surface area contributed by atoms with E-state index in [1.54, 1.807) is 43.1 Å². The number of hydrogen-bond acceptors (Lipinski definition) is 6. The Morgan fingerprint density at radius 3 is 2.46 bits per heavy atom. The molecule has 2 aromatic heterocycles. The second kappa shape index (κ2) is 10.5. The Balaban J connectivity index is 1.50. The van der Waals surface area contributed by atoms with E-state index in [1.807, 2.05) is 60.0 Å². The van der Waals surface area contributed by atoms with Crippen molar-refractivity contribution >= 4 is 32.7 Å². The number of fused-ring (bicyclic) bond motifs is 1. The van der Waals surface area contributed by atoms with E-state index in [4.69, 9.17) is 0 Å². The maximum Gasteiger partial charge on any atom is 0.243 e. The molecular weight excluding hydrogens is 502 g/mol. The first-order chi connectivity index (χ1) is 17.8. The number of pyridine rings is 1. The van der Waals surface area contributed by atoms with Crippen molar-refractivity contribution in [2.75, 3.05) is 0 Å². The van der Waals surface area contributed by atoms with Gasteiger partial charge in [-0.2, -0.15) is 0 Å². The van der Waals surface area contributed by atoms with Gasteiger partial charge in [0.1, 0.15) is 4.90 Å². The number of aryl methyl sites for hydroxylation is 2. The molecule has 0 bridgehead atoms. The van der Waals surface area contributed by atoms with E-state index in [1.165, 1.54) is 11.1 Å². The topological polar surface area (TPSA) is 89.8 Å². The Kier molecular flexibility index (Phi) is 7.10. The second-order valence-corrected chi connectivity index (χ2v) is 11.5. The molecule has 0 aliphatic rings. The molecule has 37 heavy (non-hydrogen) atoms. The van der Waals surface area contributed by atoms with Gasteiger partial charge in [-0.05, 0) is 56.2 Å². The first-order valence-electron chi connectivity index (χ1n) is 11.9. The van der Waals surface area contributed by atoms with Crippen molar-refractivity contribution in [3.63, 3.8) is 0 Å². The molecule has 0 aliphatic heterocycles. The van der Waals surface area contributed by atoms with E-state index >= 15 is 0 Å². The SMILES string of the molecule is Cc1ccc(-n2c(SCc3ccccc3C)nnc2[C@@H](C)NS(=O)(=O)c2cccc3cccnc23)cc1. The van der Waals surface area contributed by atoms with Crippen molar-refractivity contribution in [1.82, 2.24) is 24.5 Å². The van der Waals surface area contributed by atoms with E-state index in [0.717, 1.165) is 22.4 Å². The molecule has 3 aromatic carbocycles. The third kappa shape index (κ3) is 5.29. The number of rotatable bonds is 8. The maximum atomic E-state index is 13.5. The molecule has 188 valence electrons. The molecule has 5 aromatic rings. The number of nitrogens with zero attached hydrogens (tertiary/aromatic N) is 4. The Bertz CT molecular complexity index is 1660. The van der Waals surface area contributed by atoms with Gasteiger partial charge in [0.25, 0.3) is 0 Å². The number of thioether (sulfide) groups is 1. The zero-order valence-corrected chi connectivity index (χ0v) is 22.4. The highest BCUT2D eigenvalue weighted by atomic mass is 32.2. The Morgan fingerprint density at radius 1 is 0.919 bits per heavy atom. The Morgan fingerprint density at radius 2 is 1.68 bits per heavy atom. The zero-order chi connectivity index (χ0) is 26.0. The highest BCUT2D eigenvalue weighted by molar-refractivity contribution is 7.98. The molecule has 0 unspecified atom stereocenters. The highest BCUT2D eigenvalue weighted by Gasteiger charge is 2.26. The Hall–Kier alpha value is -3.53. The van der Waals surface area contributed by atoms with Gasteiger partial charge in [-0.1, -0.05) is 71.9 Å². The molecule has 0 fully saturated rings. The normalized spacial score (nSPS) is 12.6. The van der Waals surface area contributed by atoms with Crippen LogP contribution in [0.25, 0.3) is 16.6 Å². The van der Waals surface area contributed by atoms with Crippen molar-refractivity contribution in [1.29, 1.82) is 0 Å². The van der Waals surface area contributed by atoms with Gasteiger partial charge in [0.05, 0.1) is 11.6 Å². The molecule has 7 nitrogen and oxygen atoms in total. The number of hydrogen-bond donors (Lipinski definition) is 1. The van der Waals surface area contributed by atoms with Crippen LogP contribution in [0, 0.1) is 13.8 Å². The first-order valence-corrected chi connectivity index (χ1v) is 14.4. The predicted octanol–water partition coefficient (Wildman–Crippen LogP) is 5.76. The zero-order valence-electron chi connectivity index (χ0n) is 20.8. The summed E-state index contributed by atoms with van der Waals surface area (Å²) >= 11 is 1.57. The van der Waals surface area contributed by atoms with E-state index in [2.05, 4.69) is 39.0 Å². The molecule has 0 radical (unpaired) electrons. The molecule has 1 N–H and O–H groups in total. The Labute approximate surface area is 221 Å². The van der Waals surface area contributed by atoms with Gasteiger partial charge in [0, 0.05) is 23.0 Å². The lowest BCUT2D eigenvalue weighted by Gasteiger charge is -2.17. The minimum Gasteiger partial charge on any atom is -0.273 e. The molecule has 1 atom stereocenters. The van der Waals surface area contributed by atoms with Crippen LogP contribution >= 0.6 is 11.8 Å². The minimum atomic E-state index is -3.89. The summed E-state index contributed by atoms with van der Waals surface area (Å²) in [6, 6.07) is 24.4. The van der Waals surface area contributed by atoms with E-state index in [0.29, 0.717) is 16.5 Å². The van der Waals surface area contributed by atoms with Crippen LogP contribution < -0.4 is 4.72 Å². The quantitative estimate of drug-likeness (QED) is 0.257. The third-order valence-corrected chi connectivity index (χ3v) is 8.72. The van der Waals surface area contributed by atoms with Crippen molar-refractivity contribution in [2.45, 2.75) is 42.6 Å². The summed E-state index contributed by atoms with van der Waals surface area (Å²) in [7, 11) is -3.89. The van der Waals surface area contributed by atoms with Crippen molar-refractivity contribution in [3.05, 3.63) is 108 Å². The minimum absolute atomic E-state index is 0.132. The van der Waals surface area contributed by atoms with E-state index < -0.39 is 16.1 Å². The van der Waals surface area contributed by atoms with E-state index in [9.17, 15) is 8.42 Å². The molecule has 9 heteroatoms. The van der Waals surface area contributed by atoms with Crippen molar-refractivity contribution in [2.24, 2.45) is 0 Å². The number of para-hydroxylation sites is 1. The highest BCUT2D eigenvalue weighted by Crippen LogP contribution is 2.30. The first kappa shape index (κ1) is 25.1.